The van der Waals surface area contributed by atoms with Gasteiger partial charge in [0.2, 0.25) is 5.91 Å². The Morgan fingerprint density at radius 1 is 1.69 bits per heavy atom. The summed E-state index contributed by atoms with van der Waals surface area (Å²) in [6, 6.07) is 0. The molecular formula is C11H19N3O2. The quantitative estimate of drug-likeness (QED) is 0.568. The molecule has 0 aromatic rings. The average molecular weight is 225 g/mol. The molecule has 0 bridgehead atoms. The van der Waals surface area contributed by atoms with E-state index in [9.17, 15) is 4.79 Å². The highest BCUT2D eigenvalue weighted by molar-refractivity contribution is 5.78. The zero-order valence-electron chi connectivity index (χ0n) is 9.66. The van der Waals surface area contributed by atoms with Crippen molar-refractivity contribution in [3.8, 4) is 12.3 Å². The Kier molecular flexibility index (Phi) is 5.86. The predicted octanol–water partition coefficient (Wildman–Crippen LogP) is -1.34. The summed E-state index contributed by atoms with van der Waals surface area (Å²) in [6.45, 7) is 3.75. The van der Waals surface area contributed by atoms with E-state index in [0.29, 0.717) is 19.7 Å². The summed E-state index contributed by atoms with van der Waals surface area (Å²) in [5.74, 6) is 2.35. The van der Waals surface area contributed by atoms with Crippen molar-refractivity contribution in [1.29, 1.82) is 0 Å². The van der Waals surface area contributed by atoms with Crippen LogP contribution in [0.3, 0.4) is 0 Å². The lowest BCUT2D eigenvalue weighted by molar-refractivity contribution is -0.123. The fourth-order valence-electron chi connectivity index (χ4n) is 1.68. The summed E-state index contributed by atoms with van der Waals surface area (Å²) in [5, 5.41) is 5.72. The Balaban J connectivity index is 2.26. The van der Waals surface area contributed by atoms with E-state index >= 15 is 0 Å². The molecule has 1 heterocycles. The van der Waals surface area contributed by atoms with Gasteiger partial charge in [-0.25, -0.2) is 0 Å². The summed E-state index contributed by atoms with van der Waals surface area (Å²) in [4.78, 5) is 13.5. The van der Waals surface area contributed by atoms with Crippen LogP contribution in [0.15, 0.2) is 0 Å². The topological polar surface area (TPSA) is 53.6 Å². The number of rotatable bonds is 5. The van der Waals surface area contributed by atoms with Crippen molar-refractivity contribution in [2.45, 2.75) is 6.10 Å². The van der Waals surface area contributed by atoms with Gasteiger partial charge >= 0.3 is 0 Å². The van der Waals surface area contributed by atoms with Crippen molar-refractivity contribution >= 4 is 5.91 Å². The first kappa shape index (κ1) is 13.0. The molecule has 0 aliphatic carbocycles. The lowest BCUT2D eigenvalue weighted by Gasteiger charge is -2.32. The van der Waals surface area contributed by atoms with Gasteiger partial charge in [0, 0.05) is 19.6 Å². The maximum atomic E-state index is 11.4. The van der Waals surface area contributed by atoms with E-state index in [2.05, 4.69) is 21.5 Å². The van der Waals surface area contributed by atoms with Gasteiger partial charge in [0.25, 0.3) is 0 Å². The number of morpholine rings is 1. The molecule has 1 aliphatic heterocycles. The van der Waals surface area contributed by atoms with Crippen LogP contribution >= 0.6 is 0 Å². The molecule has 0 aromatic heterocycles. The Bertz CT molecular complexity index is 260. The number of carbonyl (C=O) groups excluding carboxylic acids is 1. The third kappa shape index (κ3) is 4.62. The first-order chi connectivity index (χ1) is 7.76. The summed E-state index contributed by atoms with van der Waals surface area (Å²) >= 11 is 0. The van der Waals surface area contributed by atoms with Crippen LogP contribution in [-0.4, -0.2) is 63.3 Å². The predicted molar refractivity (Wildman–Crippen MR) is 61.9 cm³/mol. The fourth-order valence-corrected chi connectivity index (χ4v) is 1.68. The average Bonchev–Trinajstić information content (AvgIpc) is 2.27. The van der Waals surface area contributed by atoms with Crippen LogP contribution in [0.1, 0.15) is 0 Å². The number of terminal acetylenes is 1. The molecule has 5 nitrogen and oxygen atoms in total. The highest BCUT2D eigenvalue weighted by Crippen LogP contribution is 2.03. The van der Waals surface area contributed by atoms with Crippen LogP contribution < -0.4 is 10.6 Å². The second kappa shape index (κ2) is 7.23. The smallest absolute Gasteiger partial charge is 0.234 e. The van der Waals surface area contributed by atoms with Crippen molar-refractivity contribution in [1.82, 2.24) is 15.5 Å². The van der Waals surface area contributed by atoms with E-state index in [-0.39, 0.29) is 12.0 Å². The van der Waals surface area contributed by atoms with Gasteiger partial charge in [0.15, 0.2) is 0 Å². The third-order valence-electron chi connectivity index (χ3n) is 2.41. The van der Waals surface area contributed by atoms with Crippen molar-refractivity contribution in [3.05, 3.63) is 0 Å². The van der Waals surface area contributed by atoms with Crippen LogP contribution in [-0.2, 0) is 9.53 Å². The zero-order chi connectivity index (χ0) is 11.8. The van der Waals surface area contributed by atoms with Gasteiger partial charge in [-0.3, -0.25) is 9.69 Å². The van der Waals surface area contributed by atoms with Crippen LogP contribution in [0.4, 0.5) is 0 Å². The van der Waals surface area contributed by atoms with Gasteiger partial charge in [-0.05, 0) is 7.05 Å². The molecule has 0 spiro atoms. The van der Waals surface area contributed by atoms with E-state index in [1.54, 1.807) is 0 Å². The van der Waals surface area contributed by atoms with Gasteiger partial charge in [0.1, 0.15) is 0 Å². The number of ether oxygens (including phenoxy) is 1. The molecule has 0 radical (unpaired) electrons. The number of amides is 1. The van der Waals surface area contributed by atoms with E-state index in [1.807, 2.05) is 7.05 Å². The second-order valence-electron chi connectivity index (χ2n) is 3.77. The van der Waals surface area contributed by atoms with Gasteiger partial charge < -0.3 is 15.4 Å². The lowest BCUT2D eigenvalue weighted by Crippen LogP contribution is -2.49. The second-order valence-corrected chi connectivity index (χ2v) is 3.77. The standard InChI is InChI=1S/C11H19N3O2/c1-3-4-13-11(15)9-14-5-6-16-10(8-14)7-12-2/h1,10,12H,4-9H2,2H3,(H,13,15). The summed E-state index contributed by atoms with van der Waals surface area (Å²) in [6.07, 6.45) is 5.23. The number of likely N-dealkylation sites (N-methyl/N-ethyl adjacent to an activating group) is 1. The normalized spacial score (nSPS) is 21.4. The van der Waals surface area contributed by atoms with E-state index in [4.69, 9.17) is 11.2 Å². The van der Waals surface area contributed by atoms with E-state index in [0.717, 1.165) is 19.6 Å². The summed E-state index contributed by atoms with van der Waals surface area (Å²) in [5.41, 5.74) is 0. The molecular weight excluding hydrogens is 206 g/mol. The molecule has 1 atom stereocenters. The largest absolute Gasteiger partial charge is 0.374 e. The van der Waals surface area contributed by atoms with Crippen LogP contribution in [0, 0.1) is 12.3 Å². The first-order valence-corrected chi connectivity index (χ1v) is 5.45. The molecule has 1 rings (SSSR count). The SMILES string of the molecule is C#CCNC(=O)CN1CCOC(CNC)C1. The molecule has 1 saturated heterocycles. The van der Waals surface area contributed by atoms with Crippen LogP contribution in [0.2, 0.25) is 0 Å². The number of nitrogens with zero attached hydrogens (tertiary/aromatic N) is 1. The molecule has 2 N–H and O–H groups in total. The van der Waals surface area contributed by atoms with Gasteiger partial charge in [-0.2, -0.15) is 0 Å². The number of hydrogen-bond donors (Lipinski definition) is 2. The van der Waals surface area contributed by atoms with E-state index < -0.39 is 0 Å². The van der Waals surface area contributed by atoms with E-state index in [1.165, 1.54) is 0 Å². The molecule has 1 amide bonds. The van der Waals surface area contributed by atoms with Crippen molar-refractivity contribution in [2.75, 3.05) is 46.4 Å². The highest BCUT2D eigenvalue weighted by Gasteiger charge is 2.21. The first-order valence-electron chi connectivity index (χ1n) is 5.45. The molecule has 1 aliphatic rings. The van der Waals surface area contributed by atoms with Crippen LogP contribution in [0.5, 0.6) is 0 Å². The van der Waals surface area contributed by atoms with Crippen LogP contribution in [0.25, 0.3) is 0 Å². The highest BCUT2D eigenvalue weighted by atomic mass is 16.5. The maximum Gasteiger partial charge on any atom is 0.234 e. The molecule has 0 aromatic carbocycles. The Labute approximate surface area is 96.5 Å². The molecule has 16 heavy (non-hydrogen) atoms. The molecule has 1 unspecified atom stereocenters. The Morgan fingerprint density at radius 2 is 2.50 bits per heavy atom. The third-order valence-corrected chi connectivity index (χ3v) is 2.41. The molecule has 90 valence electrons. The molecule has 0 saturated carbocycles. The number of hydrogen-bond acceptors (Lipinski definition) is 4. The Hall–Kier alpha value is -1.09. The van der Waals surface area contributed by atoms with Gasteiger partial charge in [-0.1, -0.05) is 5.92 Å². The minimum atomic E-state index is -0.0249. The maximum absolute atomic E-state index is 11.4. The molecule has 5 heteroatoms. The minimum absolute atomic E-state index is 0.0249. The fraction of sp³-hybridized carbons (Fsp3) is 0.727. The van der Waals surface area contributed by atoms with Crippen molar-refractivity contribution in [3.63, 3.8) is 0 Å². The van der Waals surface area contributed by atoms with Crippen molar-refractivity contribution in [2.24, 2.45) is 0 Å². The van der Waals surface area contributed by atoms with Crippen molar-refractivity contribution < 1.29 is 9.53 Å². The molecule has 1 fully saturated rings. The minimum Gasteiger partial charge on any atom is -0.374 e. The zero-order valence-corrected chi connectivity index (χ0v) is 9.66. The summed E-state index contributed by atoms with van der Waals surface area (Å²) < 4.78 is 5.54. The van der Waals surface area contributed by atoms with Gasteiger partial charge in [0.05, 0.1) is 25.8 Å². The Morgan fingerprint density at radius 3 is 3.19 bits per heavy atom. The lowest BCUT2D eigenvalue weighted by atomic mass is 10.2. The number of nitrogens with one attached hydrogen (secondary N) is 2. The summed E-state index contributed by atoms with van der Waals surface area (Å²) in [7, 11) is 1.89. The monoisotopic (exact) mass is 225 g/mol. The van der Waals surface area contributed by atoms with Gasteiger partial charge in [-0.15, -0.1) is 6.42 Å². The number of carbonyl (C=O) groups is 1.